The summed E-state index contributed by atoms with van der Waals surface area (Å²) in [5.41, 5.74) is 7.83. The fourth-order valence-corrected chi connectivity index (χ4v) is 4.44. The van der Waals surface area contributed by atoms with Crippen molar-refractivity contribution in [3.63, 3.8) is 0 Å². The Morgan fingerprint density at radius 2 is 1.62 bits per heavy atom. The van der Waals surface area contributed by atoms with Gasteiger partial charge < -0.3 is 10.6 Å². The first kappa shape index (κ1) is 18.6. The van der Waals surface area contributed by atoms with Crippen molar-refractivity contribution in [2.75, 3.05) is 33.7 Å². The molecule has 3 rings (SSSR count). The van der Waals surface area contributed by atoms with Crippen LogP contribution in [0.2, 0.25) is 0 Å². The lowest BCUT2D eigenvalue weighted by Crippen LogP contribution is -2.49. The zero-order chi connectivity index (χ0) is 18.6. The summed E-state index contributed by atoms with van der Waals surface area (Å²) in [4.78, 5) is 16.6. The molecule has 0 spiro atoms. The molecule has 0 aromatic heterocycles. The summed E-state index contributed by atoms with van der Waals surface area (Å²) < 4.78 is 0. The van der Waals surface area contributed by atoms with Gasteiger partial charge in [0.1, 0.15) is 0 Å². The van der Waals surface area contributed by atoms with Gasteiger partial charge >= 0.3 is 0 Å². The molecule has 1 aliphatic rings. The van der Waals surface area contributed by atoms with Gasteiger partial charge in [-0.3, -0.25) is 9.69 Å². The van der Waals surface area contributed by atoms with E-state index in [2.05, 4.69) is 72.4 Å². The molecule has 4 nitrogen and oxygen atoms in total. The minimum absolute atomic E-state index is 0.173. The number of likely N-dealkylation sites (tertiary alicyclic amines) is 1. The predicted molar refractivity (Wildman–Crippen MR) is 106 cm³/mol. The molecule has 1 unspecified atom stereocenters. The molecule has 2 aromatic carbocycles. The number of amides is 1. The fourth-order valence-electron chi connectivity index (χ4n) is 4.44. The molecule has 0 aliphatic carbocycles. The number of nitrogens with zero attached hydrogens (tertiary/aromatic N) is 2. The number of likely N-dealkylation sites (N-methyl/N-ethyl adjacent to an activating group) is 1. The van der Waals surface area contributed by atoms with Crippen molar-refractivity contribution in [3.05, 3.63) is 71.8 Å². The quantitative estimate of drug-likeness (QED) is 0.834. The zero-order valence-electron chi connectivity index (χ0n) is 15.8. The lowest BCUT2D eigenvalue weighted by molar-refractivity contribution is -0.119. The van der Waals surface area contributed by atoms with Crippen LogP contribution in [0, 0.1) is 5.92 Å². The number of benzene rings is 2. The predicted octanol–water partition coefficient (Wildman–Crippen LogP) is 2.69. The van der Waals surface area contributed by atoms with Crippen LogP contribution < -0.4 is 5.73 Å². The maximum absolute atomic E-state index is 11.9. The summed E-state index contributed by atoms with van der Waals surface area (Å²) in [6, 6.07) is 21.2. The van der Waals surface area contributed by atoms with Gasteiger partial charge in [-0.1, -0.05) is 60.7 Å². The molecule has 0 bridgehead atoms. The number of nitrogens with two attached hydrogens (primary N) is 1. The van der Waals surface area contributed by atoms with Crippen molar-refractivity contribution in [1.82, 2.24) is 9.80 Å². The number of primary amides is 1. The SMILES string of the molecule is CN(C)CCN1CCC(CC(N)=O)C1(c1ccccc1)c1ccccc1. The van der Waals surface area contributed by atoms with E-state index in [-0.39, 0.29) is 17.4 Å². The highest BCUT2D eigenvalue weighted by Gasteiger charge is 2.51. The van der Waals surface area contributed by atoms with E-state index < -0.39 is 0 Å². The maximum atomic E-state index is 11.9. The second-order valence-electron chi connectivity index (χ2n) is 7.44. The lowest BCUT2D eigenvalue weighted by Gasteiger charge is -2.44. The van der Waals surface area contributed by atoms with Crippen LogP contribution in [-0.2, 0) is 10.3 Å². The van der Waals surface area contributed by atoms with E-state index >= 15 is 0 Å². The van der Waals surface area contributed by atoms with Crippen molar-refractivity contribution < 1.29 is 4.79 Å². The van der Waals surface area contributed by atoms with Gasteiger partial charge in [0.15, 0.2) is 0 Å². The molecule has 2 N–H and O–H groups in total. The molecular weight excluding hydrogens is 322 g/mol. The van der Waals surface area contributed by atoms with Gasteiger partial charge in [-0.05, 0) is 44.1 Å². The first-order chi connectivity index (χ1) is 12.5. The van der Waals surface area contributed by atoms with Gasteiger partial charge in [0.2, 0.25) is 5.91 Å². The Hall–Kier alpha value is -2.17. The van der Waals surface area contributed by atoms with Crippen LogP contribution in [0.5, 0.6) is 0 Å². The highest BCUT2D eigenvalue weighted by molar-refractivity contribution is 5.74. The maximum Gasteiger partial charge on any atom is 0.217 e. The van der Waals surface area contributed by atoms with Gasteiger partial charge in [-0.15, -0.1) is 0 Å². The third kappa shape index (κ3) is 3.53. The molecule has 2 aromatic rings. The third-order valence-corrected chi connectivity index (χ3v) is 5.53. The minimum atomic E-state index is -0.312. The molecule has 1 heterocycles. The van der Waals surface area contributed by atoms with E-state index in [1.54, 1.807) is 0 Å². The first-order valence-corrected chi connectivity index (χ1v) is 9.34. The summed E-state index contributed by atoms with van der Waals surface area (Å²) in [7, 11) is 4.20. The smallest absolute Gasteiger partial charge is 0.217 e. The van der Waals surface area contributed by atoms with Crippen LogP contribution in [0.3, 0.4) is 0 Å². The largest absolute Gasteiger partial charge is 0.370 e. The number of carbonyl (C=O) groups is 1. The normalized spacial score (nSPS) is 19.7. The summed E-state index contributed by atoms with van der Waals surface area (Å²) >= 11 is 0. The zero-order valence-corrected chi connectivity index (χ0v) is 15.8. The second-order valence-corrected chi connectivity index (χ2v) is 7.44. The lowest BCUT2D eigenvalue weighted by atomic mass is 9.72. The summed E-state index contributed by atoms with van der Waals surface area (Å²) in [6.45, 7) is 2.90. The molecule has 26 heavy (non-hydrogen) atoms. The van der Waals surface area contributed by atoms with E-state index in [0.717, 1.165) is 26.1 Å². The topological polar surface area (TPSA) is 49.6 Å². The standard InChI is InChI=1S/C22H29N3O/c1-24(2)15-16-25-14-13-20(17-21(23)26)22(25,18-9-5-3-6-10-18)19-11-7-4-8-12-19/h3-12,20H,13-17H2,1-2H3,(H2,23,26). The van der Waals surface area contributed by atoms with Crippen molar-refractivity contribution in [2.24, 2.45) is 11.7 Å². The molecule has 1 saturated heterocycles. The average molecular weight is 351 g/mol. The Morgan fingerprint density at radius 1 is 1.08 bits per heavy atom. The van der Waals surface area contributed by atoms with Gasteiger partial charge in [-0.2, -0.15) is 0 Å². The number of rotatable bonds is 7. The van der Waals surface area contributed by atoms with Gasteiger partial charge in [0.25, 0.3) is 0 Å². The van der Waals surface area contributed by atoms with E-state index in [9.17, 15) is 4.79 Å². The Kier molecular flexibility index (Phi) is 5.74. The van der Waals surface area contributed by atoms with Crippen LogP contribution >= 0.6 is 0 Å². The van der Waals surface area contributed by atoms with Gasteiger partial charge in [0.05, 0.1) is 5.54 Å². The third-order valence-electron chi connectivity index (χ3n) is 5.53. The van der Waals surface area contributed by atoms with E-state index in [4.69, 9.17) is 5.73 Å². The Labute approximate surface area is 156 Å². The second kappa shape index (κ2) is 8.02. The Bertz CT molecular complexity index is 675. The van der Waals surface area contributed by atoms with Crippen LogP contribution in [0.15, 0.2) is 60.7 Å². The van der Waals surface area contributed by atoms with Crippen LogP contribution in [-0.4, -0.2) is 49.4 Å². The highest BCUT2D eigenvalue weighted by atomic mass is 16.1. The number of hydrogen-bond acceptors (Lipinski definition) is 3. The molecule has 138 valence electrons. The highest BCUT2D eigenvalue weighted by Crippen LogP contribution is 2.49. The average Bonchev–Trinajstić information content (AvgIpc) is 2.99. The van der Waals surface area contributed by atoms with Crippen molar-refractivity contribution in [1.29, 1.82) is 0 Å². The Balaban J connectivity index is 2.15. The summed E-state index contributed by atoms with van der Waals surface area (Å²) in [5.74, 6) is -0.0485. The Morgan fingerprint density at radius 3 is 2.08 bits per heavy atom. The molecule has 0 radical (unpaired) electrons. The molecule has 1 fully saturated rings. The van der Waals surface area contributed by atoms with E-state index in [1.165, 1.54) is 11.1 Å². The molecule has 4 heteroatoms. The summed E-state index contributed by atoms with van der Waals surface area (Å²) in [6.07, 6.45) is 1.38. The monoisotopic (exact) mass is 351 g/mol. The van der Waals surface area contributed by atoms with Crippen molar-refractivity contribution in [3.8, 4) is 0 Å². The van der Waals surface area contributed by atoms with Crippen LogP contribution in [0.25, 0.3) is 0 Å². The number of hydrogen-bond donors (Lipinski definition) is 1. The summed E-state index contributed by atoms with van der Waals surface area (Å²) in [5, 5.41) is 0. The van der Waals surface area contributed by atoms with Gasteiger partial charge in [-0.25, -0.2) is 0 Å². The van der Waals surface area contributed by atoms with Crippen molar-refractivity contribution >= 4 is 5.91 Å². The molecule has 1 aliphatic heterocycles. The molecule has 0 saturated carbocycles. The van der Waals surface area contributed by atoms with E-state index in [0.29, 0.717) is 6.42 Å². The van der Waals surface area contributed by atoms with Crippen LogP contribution in [0.1, 0.15) is 24.0 Å². The van der Waals surface area contributed by atoms with Crippen LogP contribution in [0.4, 0.5) is 0 Å². The molecular formula is C22H29N3O. The van der Waals surface area contributed by atoms with E-state index in [1.807, 2.05) is 12.1 Å². The van der Waals surface area contributed by atoms with Gasteiger partial charge in [0, 0.05) is 19.5 Å². The minimum Gasteiger partial charge on any atom is -0.370 e. The fraction of sp³-hybridized carbons (Fsp3) is 0.409. The first-order valence-electron chi connectivity index (χ1n) is 9.34. The molecule has 1 amide bonds. The molecule has 1 atom stereocenters. The number of carbonyl (C=O) groups excluding carboxylic acids is 1. The van der Waals surface area contributed by atoms with Crippen molar-refractivity contribution in [2.45, 2.75) is 18.4 Å².